The van der Waals surface area contributed by atoms with Crippen molar-refractivity contribution in [2.75, 3.05) is 0 Å². The smallest absolute Gasteiger partial charge is 0.0900 e. The van der Waals surface area contributed by atoms with Crippen molar-refractivity contribution < 1.29 is 0 Å². The zero-order valence-electron chi connectivity index (χ0n) is 27.4. The first-order chi connectivity index (χ1) is 25.3. The van der Waals surface area contributed by atoms with Crippen LogP contribution in [-0.2, 0) is 0 Å². The lowest BCUT2D eigenvalue weighted by Gasteiger charge is -2.15. The lowest BCUT2D eigenvalue weighted by atomic mass is 9.93. The third kappa shape index (κ3) is 5.06. The maximum absolute atomic E-state index is 5.47. The second kappa shape index (κ2) is 12.1. The minimum absolute atomic E-state index is 0.809. The van der Waals surface area contributed by atoms with Crippen molar-refractivity contribution in [1.29, 1.82) is 0 Å². The van der Waals surface area contributed by atoms with Gasteiger partial charge in [0.05, 0.1) is 34.0 Å². The van der Waals surface area contributed by atoms with Gasteiger partial charge in [-0.1, -0.05) is 109 Å². The van der Waals surface area contributed by atoms with Crippen LogP contribution in [0.4, 0.5) is 0 Å². The average molecular weight is 669 g/mol. The zero-order valence-corrected chi connectivity index (χ0v) is 28.2. The van der Waals surface area contributed by atoms with Crippen molar-refractivity contribution in [3.63, 3.8) is 0 Å². The molecule has 5 heterocycles. The molecule has 0 spiro atoms. The average Bonchev–Trinajstić information content (AvgIpc) is 3.60. The van der Waals surface area contributed by atoms with Crippen molar-refractivity contribution in [1.82, 2.24) is 19.9 Å². The van der Waals surface area contributed by atoms with Crippen molar-refractivity contribution in [3.05, 3.63) is 170 Å². The van der Waals surface area contributed by atoms with Gasteiger partial charge in [-0.25, -0.2) is 9.97 Å². The number of pyridine rings is 4. The van der Waals surface area contributed by atoms with Gasteiger partial charge in [-0.15, -0.1) is 11.3 Å². The first kappa shape index (κ1) is 29.4. The van der Waals surface area contributed by atoms with E-state index < -0.39 is 0 Å². The number of benzene rings is 5. The molecule has 5 aromatic heterocycles. The van der Waals surface area contributed by atoms with Crippen LogP contribution in [0.2, 0.25) is 0 Å². The number of nitrogens with zero attached hydrogens (tertiary/aromatic N) is 4. The van der Waals surface area contributed by atoms with Gasteiger partial charge < -0.3 is 0 Å². The summed E-state index contributed by atoms with van der Waals surface area (Å²) in [7, 11) is 0. The van der Waals surface area contributed by atoms with Gasteiger partial charge in [-0.05, 0) is 65.2 Å². The summed E-state index contributed by atoms with van der Waals surface area (Å²) in [4.78, 5) is 19.6. The fourth-order valence-corrected chi connectivity index (χ4v) is 8.32. The quantitative estimate of drug-likeness (QED) is 0.171. The van der Waals surface area contributed by atoms with Crippen LogP contribution in [0.1, 0.15) is 0 Å². The molecule has 0 amide bonds. The van der Waals surface area contributed by atoms with Gasteiger partial charge in [0.1, 0.15) is 0 Å². The van der Waals surface area contributed by atoms with Crippen LogP contribution < -0.4 is 0 Å². The van der Waals surface area contributed by atoms with Crippen molar-refractivity contribution in [2.24, 2.45) is 0 Å². The predicted molar refractivity (Wildman–Crippen MR) is 213 cm³/mol. The fourth-order valence-electron chi connectivity index (χ4n) is 7.21. The Morgan fingerprint density at radius 3 is 1.76 bits per heavy atom. The maximum Gasteiger partial charge on any atom is 0.0900 e. The van der Waals surface area contributed by atoms with Crippen molar-refractivity contribution >= 4 is 53.2 Å². The van der Waals surface area contributed by atoms with E-state index in [9.17, 15) is 0 Å². The number of fused-ring (bicyclic) bond motifs is 7. The SMILES string of the molecule is c1ccc(-c2nc3c(-c4ccc(-c5cc(-c6ccccn6)nc(-c6ccccn6)c5)cc4)cccc3c3c2ccc2sc4ccccc4c23)cc1. The summed E-state index contributed by atoms with van der Waals surface area (Å²) in [6.45, 7) is 0. The highest BCUT2D eigenvalue weighted by molar-refractivity contribution is 7.26. The van der Waals surface area contributed by atoms with E-state index in [1.165, 1.54) is 30.9 Å². The van der Waals surface area contributed by atoms with Crippen LogP contribution in [0.5, 0.6) is 0 Å². The van der Waals surface area contributed by atoms with E-state index in [0.717, 1.165) is 67.2 Å². The fraction of sp³-hybridized carbons (Fsp3) is 0. The molecule has 0 fully saturated rings. The largest absolute Gasteiger partial charge is 0.255 e. The molecule has 0 saturated heterocycles. The number of rotatable bonds is 5. The number of aromatic nitrogens is 4. The van der Waals surface area contributed by atoms with E-state index in [1.54, 1.807) is 12.4 Å². The molecule has 0 N–H and O–H groups in total. The zero-order chi connectivity index (χ0) is 33.7. The molecule has 0 radical (unpaired) electrons. The number of para-hydroxylation sites is 1. The Labute approximate surface area is 298 Å². The van der Waals surface area contributed by atoms with Crippen LogP contribution in [-0.4, -0.2) is 19.9 Å². The standard InChI is InChI=1S/C46H28N4S/c1-2-11-31(12-3-1)45-36-23-24-42-44(34-13-4-5-18-41(34)51-42)43(36)35-15-10-14-33(46(35)50-45)30-21-19-29(20-22-30)32-27-39(37-16-6-8-25-47-37)49-40(28-32)38-17-7-9-26-48-38/h1-28H. The molecular formula is C46H28N4S. The lowest BCUT2D eigenvalue weighted by molar-refractivity contribution is 1.22. The predicted octanol–water partition coefficient (Wildman–Crippen LogP) is 12.3. The van der Waals surface area contributed by atoms with Gasteiger partial charge in [0, 0.05) is 59.9 Å². The first-order valence-corrected chi connectivity index (χ1v) is 17.8. The van der Waals surface area contributed by atoms with E-state index in [4.69, 9.17) is 9.97 Å². The van der Waals surface area contributed by atoms with Crippen LogP contribution in [0.3, 0.4) is 0 Å². The van der Waals surface area contributed by atoms with Crippen molar-refractivity contribution in [3.8, 4) is 56.3 Å². The van der Waals surface area contributed by atoms with Crippen LogP contribution in [0.25, 0.3) is 98.1 Å². The topological polar surface area (TPSA) is 51.6 Å². The monoisotopic (exact) mass is 668 g/mol. The Morgan fingerprint density at radius 1 is 0.373 bits per heavy atom. The summed E-state index contributed by atoms with van der Waals surface area (Å²) in [5, 5.41) is 6.18. The summed E-state index contributed by atoms with van der Waals surface area (Å²) < 4.78 is 2.59. The van der Waals surface area contributed by atoms with E-state index in [1.807, 2.05) is 47.7 Å². The van der Waals surface area contributed by atoms with Gasteiger partial charge in [0.2, 0.25) is 0 Å². The second-order valence-corrected chi connectivity index (χ2v) is 13.7. The third-order valence-electron chi connectivity index (χ3n) is 9.58. The van der Waals surface area contributed by atoms with Crippen LogP contribution in [0.15, 0.2) is 170 Å². The molecule has 0 bridgehead atoms. The van der Waals surface area contributed by atoms with Gasteiger partial charge in [-0.3, -0.25) is 9.97 Å². The van der Waals surface area contributed by atoms with Crippen LogP contribution in [0, 0.1) is 0 Å². The maximum atomic E-state index is 5.47. The summed E-state index contributed by atoms with van der Waals surface area (Å²) in [6.07, 6.45) is 3.60. The normalized spacial score (nSPS) is 11.5. The summed E-state index contributed by atoms with van der Waals surface area (Å²) >= 11 is 1.85. The molecule has 0 saturated carbocycles. The molecule has 0 atom stereocenters. The van der Waals surface area contributed by atoms with Gasteiger partial charge in [0.25, 0.3) is 0 Å². The highest BCUT2D eigenvalue weighted by Gasteiger charge is 2.18. The lowest BCUT2D eigenvalue weighted by Crippen LogP contribution is -1.94. The summed E-state index contributed by atoms with van der Waals surface area (Å²) in [6, 6.07) is 55.3. The molecule has 0 aliphatic heterocycles. The van der Waals surface area contributed by atoms with Crippen molar-refractivity contribution in [2.45, 2.75) is 0 Å². The molecule has 238 valence electrons. The molecule has 51 heavy (non-hydrogen) atoms. The van der Waals surface area contributed by atoms with E-state index in [-0.39, 0.29) is 0 Å². The first-order valence-electron chi connectivity index (χ1n) is 17.0. The highest BCUT2D eigenvalue weighted by Crippen LogP contribution is 2.45. The molecule has 0 unspecified atom stereocenters. The van der Waals surface area contributed by atoms with Gasteiger partial charge in [0.15, 0.2) is 0 Å². The molecular weight excluding hydrogens is 641 g/mol. The highest BCUT2D eigenvalue weighted by atomic mass is 32.1. The summed E-state index contributed by atoms with van der Waals surface area (Å²) in [5.74, 6) is 0. The van der Waals surface area contributed by atoms with E-state index >= 15 is 0 Å². The Bertz CT molecular complexity index is 2830. The molecule has 0 aliphatic rings. The van der Waals surface area contributed by atoms with E-state index in [2.05, 4.69) is 131 Å². The Hall–Kier alpha value is -6.56. The molecule has 0 aliphatic carbocycles. The molecule has 10 aromatic rings. The minimum Gasteiger partial charge on any atom is -0.255 e. The molecule has 4 nitrogen and oxygen atoms in total. The minimum atomic E-state index is 0.809. The number of hydrogen-bond donors (Lipinski definition) is 0. The summed E-state index contributed by atoms with van der Waals surface area (Å²) in [5.41, 5.74) is 10.7. The van der Waals surface area contributed by atoms with Crippen LogP contribution >= 0.6 is 11.3 Å². The molecule has 5 aromatic carbocycles. The van der Waals surface area contributed by atoms with Gasteiger partial charge in [-0.2, -0.15) is 0 Å². The number of thiophene rings is 1. The Balaban J connectivity index is 1.17. The second-order valence-electron chi connectivity index (χ2n) is 12.6. The Kier molecular flexibility index (Phi) is 6.96. The van der Waals surface area contributed by atoms with Gasteiger partial charge >= 0.3 is 0 Å². The molecule has 10 rings (SSSR count). The molecule has 5 heteroatoms. The Morgan fingerprint density at radius 2 is 1.04 bits per heavy atom. The van der Waals surface area contributed by atoms with E-state index in [0.29, 0.717) is 0 Å². The number of hydrogen-bond acceptors (Lipinski definition) is 5. The third-order valence-corrected chi connectivity index (χ3v) is 10.7.